The molecule has 128 valence electrons. The number of hydrogen-bond donors (Lipinski definition) is 2. The lowest BCUT2D eigenvalue weighted by Gasteiger charge is -2.11. The van der Waals surface area contributed by atoms with Crippen LogP contribution in [0.5, 0.6) is 0 Å². The van der Waals surface area contributed by atoms with Gasteiger partial charge in [0.05, 0.1) is 11.1 Å². The quantitative estimate of drug-likeness (QED) is 0.572. The molecular weight excluding hydrogens is 310 g/mol. The van der Waals surface area contributed by atoms with E-state index in [1.54, 1.807) is 35.1 Å². The first kappa shape index (κ1) is 17.5. The van der Waals surface area contributed by atoms with Gasteiger partial charge in [-0.05, 0) is 12.0 Å². The van der Waals surface area contributed by atoms with E-state index < -0.39 is 4.92 Å². The van der Waals surface area contributed by atoms with Crippen LogP contribution in [0, 0.1) is 16.0 Å². The van der Waals surface area contributed by atoms with E-state index in [2.05, 4.69) is 29.6 Å². The Bertz CT molecular complexity index is 711. The molecule has 0 saturated carbocycles. The molecule has 0 bridgehead atoms. The first-order chi connectivity index (χ1) is 11.5. The molecule has 2 rings (SSSR count). The summed E-state index contributed by atoms with van der Waals surface area (Å²) in [5, 5.41) is 20.8. The Balaban J connectivity index is 1.86. The summed E-state index contributed by atoms with van der Waals surface area (Å²) in [6, 6.07) is 8.10. The molecule has 0 atom stereocenters. The number of carbonyl (C=O) groups is 1. The van der Waals surface area contributed by atoms with Crippen LogP contribution in [0.25, 0.3) is 0 Å². The molecule has 0 unspecified atom stereocenters. The number of hydrogen-bond acceptors (Lipinski definition) is 5. The molecule has 2 aromatic rings. The highest BCUT2D eigenvalue weighted by Crippen LogP contribution is 2.22. The fraction of sp³-hybridized carbons (Fsp3) is 0.375. The number of nitrogens with zero attached hydrogens (tertiary/aromatic N) is 3. The van der Waals surface area contributed by atoms with E-state index in [4.69, 9.17) is 0 Å². The average Bonchev–Trinajstić information content (AvgIpc) is 2.93. The minimum atomic E-state index is -0.452. The molecule has 8 nitrogen and oxygen atoms in total. The predicted octanol–water partition coefficient (Wildman–Crippen LogP) is 2.89. The third-order valence-electron chi connectivity index (χ3n) is 3.29. The van der Waals surface area contributed by atoms with Gasteiger partial charge < -0.3 is 10.6 Å². The van der Waals surface area contributed by atoms with Gasteiger partial charge in [0.2, 0.25) is 5.91 Å². The molecule has 0 spiro atoms. The third kappa shape index (κ3) is 4.80. The van der Waals surface area contributed by atoms with Crippen molar-refractivity contribution in [2.45, 2.75) is 26.8 Å². The predicted molar refractivity (Wildman–Crippen MR) is 91.9 cm³/mol. The van der Waals surface area contributed by atoms with Crippen LogP contribution in [-0.2, 0) is 11.3 Å². The van der Waals surface area contributed by atoms with Crippen LogP contribution in [0.4, 0.5) is 17.2 Å². The van der Waals surface area contributed by atoms with Crippen molar-refractivity contribution < 1.29 is 9.72 Å². The molecule has 8 heteroatoms. The number of para-hydroxylation sites is 2. The molecule has 1 aromatic carbocycles. The van der Waals surface area contributed by atoms with Gasteiger partial charge in [-0.15, -0.1) is 0 Å². The Morgan fingerprint density at radius 2 is 2.08 bits per heavy atom. The van der Waals surface area contributed by atoms with Gasteiger partial charge >= 0.3 is 0 Å². The minimum absolute atomic E-state index is 0.00656. The highest BCUT2D eigenvalue weighted by Gasteiger charge is 2.13. The number of anilines is 2. The number of rotatable bonds is 8. The number of nitro groups is 1. The van der Waals surface area contributed by atoms with Gasteiger partial charge in [-0.25, -0.2) is 4.68 Å². The molecule has 2 N–H and O–H groups in total. The molecule has 0 radical (unpaired) electrons. The second kappa shape index (κ2) is 8.09. The normalized spacial score (nSPS) is 10.6. The third-order valence-corrected chi connectivity index (χ3v) is 3.29. The topological polar surface area (TPSA) is 102 Å². The lowest BCUT2D eigenvalue weighted by atomic mass is 10.2. The van der Waals surface area contributed by atoms with Crippen LogP contribution in [0.1, 0.15) is 20.3 Å². The number of carbonyl (C=O) groups excluding carboxylic acids is 1. The summed E-state index contributed by atoms with van der Waals surface area (Å²) >= 11 is 0. The number of aromatic nitrogens is 2. The summed E-state index contributed by atoms with van der Waals surface area (Å²) < 4.78 is 1.75. The first-order valence-corrected chi connectivity index (χ1v) is 7.76. The van der Waals surface area contributed by atoms with Crippen molar-refractivity contribution in [1.29, 1.82) is 0 Å². The smallest absolute Gasteiger partial charge is 0.292 e. The lowest BCUT2D eigenvalue weighted by molar-refractivity contribution is -0.384. The molecule has 24 heavy (non-hydrogen) atoms. The largest absolute Gasteiger partial charge is 0.379 e. The zero-order valence-electron chi connectivity index (χ0n) is 13.7. The van der Waals surface area contributed by atoms with Crippen molar-refractivity contribution in [3.8, 4) is 0 Å². The van der Waals surface area contributed by atoms with E-state index in [0.29, 0.717) is 24.0 Å². The summed E-state index contributed by atoms with van der Waals surface area (Å²) in [4.78, 5) is 22.5. The van der Waals surface area contributed by atoms with E-state index in [1.165, 1.54) is 6.07 Å². The second-order valence-electron chi connectivity index (χ2n) is 5.79. The van der Waals surface area contributed by atoms with Crippen molar-refractivity contribution in [3.63, 3.8) is 0 Å². The average molecular weight is 331 g/mol. The minimum Gasteiger partial charge on any atom is -0.379 e. The SMILES string of the molecule is CC(C)Cn1nccc1NC(=O)CCNc1ccccc1[N+](=O)[O-]. The highest BCUT2D eigenvalue weighted by molar-refractivity contribution is 5.90. The van der Waals surface area contributed by atoms with Crippen molar-refractivity contribution >= 4 is 23.1 Å². The zero-order chi connectivity index (χ0) is 17.5. The van der Waals surface area contributed by atoms with Crippen molar-refractivity contribution in [2.75, 3.05) is 17.2 Å². The summed E-state index contributed by atoms with van der Waals surface area (Å²) in [5.41, 5.74) is 0.396. The molecule has 0 aliphatic carbocycles. The zero-order valence-corrected chi connectivity index (χ0v) is 13.7. The van der Waals surface area contributed by atoms with E-state index in [-0.39, 0.29) is 18.0 Å². The fourth-order valence-electron chi connectivity index (χ4n) is 2.23. The Labute approximate surface area is 140 Å². The van der Waals surface area contributed by atoms with Gasteiger partial charge in [-0.2, -0.15) is 5.10 Å². The van der Waals surface area contributed by atoms with Gasteiger partial charge in [0.15, 0.2) is 0 Å². The Morgan fingerprint density at radius 1 is 1.33 bits per heavy atom. The molecule has 1 heterocycles. The molecule has 0 fully saturated rings. The first-order valence-electron chi connectivity index (χ1n) is 7.76. The second-order valence-corrected chi connectivity index (χ2v) is 5.79. The molecule has 1 aromatic heterocycles. The van der Waals surface area contributed by atoms with Gasteiger partial charge in [0, 0.05) is 31.6 Å². The fourth-order valence-corrected chi connectivity index (χ4v) is 2.23. The molecule has 1 amide bonds. The molecule has 0 saturated heterocycles. The van der Waals surface area contributed by atoms with Crippen LogP contribution < -0.4 is 10.6 Å². The van der Waals surface area contributed by atoms with Crippen LogP contribution in [0.3, 0.4) is 0 Å². The van der Waals surface area contributed by atoms with Crippen molar-refractivity contribution in [1.82, 2.24) is 9.78 Å². The number of benzene rings is 1. The maximum absolute atomic E-state index is 12.0. The van der Waals surface area contributed by atoms with Gasteiger partial charge in [0.25, 0.3) is 5.69 Å². The van der Waals surface area contributed by atoms with E-state index in [9.17, 15) is 14.9 Å². The van der Waals surface area contributed by atoms with Crippen molar-refractivity contribution in [2.24, 2.45) is 5.92 Å². The molecular formula is C16H21N5O3. The Hall–Kier alpha value is -2.90. The summed E-state index contributed by atoms with van der Waals surface area (Å²) in [6.45, 7) is 5.17. The standard InChI is InChI=1S/C16H21N5O3/c1-12(2)11-20-15(7-10-18-20)19-16(22)8-9-17-13-5-3-4-6-14(13)21(23)24/h3-7,10,12,17H,8-9,11H2,1-2H3,(H,19,22). The van der Waals surface area contributed by atoms with E-state index in [0.717, 1.165) is 6.54 Å². The van der Waals surface area contributed by atoms with Gasteiger partial charge in [-0.3, -0.25) is 14.9 Å². The Kier molecular flexibility index (Phi) is 5.89. The monoisotopic (exact) mass is 331 g/mol. The summed E-state index contributed by atoms with van der Waals surface area (Å²) in [5.74, 6) is 0.895. The Morgan fingerprint density at radius 3 is 2.79 bits per heavy atom. The molecule has 0 aliphatic heterocycles. The number of nitrogens with one attached hydrogen (secondary N) is 2. The van der Waals surface area contributed by atoms with Crippen LogP contribution >= 0.6 is 0 Å². The summed E-state index contributed by atoms with van der Waals surface area (Å²) in [6.07, 6.45) is 1.84. The van der Waals surface area contributed by atoms with Crippen LogP contribution in [0.15, 0.2) is 36.5 Å². The lowest BCUT2D eigenvalue weighted by Crippen LogP contribution is -2.19. The maximum atomic E-state index is 12.0. The van der Waals surface area contributed by atoms with Crippen molar-refractivity contribution in [3.05, 3.63) is 46.6 Å². The van der Waals surface area contributed by atoms with Gasteiger partial charge in [0.1, 0.15) is 11.5 Å². The van der Waals surface area contributed by atoms with Gasteiger partial charge in [-0.1, -0.05) is 26.0 Å². The van der Waals surface area contributed by atoms with E-state index >= 15 is 0 Å². The highest BCUT2D eigenvalue weighted by atomic mass is 16.6. The summed E-state index contributed by atoms with van der Waals surface area (Å²) in [7, 11) is 0. The maximum Gasteiger partial charge on any atom is 0.292 e. The van der Waals surface area contributed by atoms with Crippen LogP contribution in [0.2, 0.25) is 0 Å². The van der Waals surface area contributed by atoms with Crippen LogP contribution in [-0.4, -0.2) is 27.2 Å². The van der Waals surface area contributed by atoms with E-state index in [1.807, 2.05) is 0 Å². The number of nitro benzene ring substituents is 1. The molecule has 0 aliphatic rings. The number of amides is 1.